The maximum atomic E-state index is 3.62. The number of benzene rings is 1. The molecule has 2 heteroatoms. The van der Waals surface area contributed by atoms with Crippen molar-refractivity contribution in [3.63, 3.8) is 0 Å². The monoisotopic (exact) mass is 260 g/mol. The summed E-state index contributed by atoms with van der Waals surface area (Å²) in [6.45, 7) is 12.3. The number of rotatable bonds is 5. The van der Waals surface area contributed by atoms with E-state index in [-0.39, 0.29) is 0 Å². The molecule has 106 valence electrons. The second kappa shape index (κ2) is 6.53. The molecule has 1 aliphatic rings. The number of aryl methyl sites for hydroxylation is 2. The van der Waals surface area contributed by atoms with Gasteiger partial charge in [0.2, 0.25) is 0 Å². The first-order valence-corrected chi connectivity index (χ1v) is 7.60. The van der Waals surface area contributed by atoms with Crippen LogP contribution in [-0.4, -0.2) is 19.1 Å². The molecular weight excluding hydrogens is 232 g/mol. The Morgan fingerprint density at radius 1 is 1.16 bits per heavy atom. The Bertz CT molecular complexity index is 405. The summed E-state index contributed by atoms with van der Waals surface area (Å²) in [5, 5.41) is 7.18. The topological polar surface area (TPSA) is 24.1 Å². The number of hydrogen-bond acceptors (Lipinski definition) is 2. The Labute approximate surface area is 118 Å². The Kier molecular flexibility index (Phi) is 5.00. The summed E-state index contributed by atoms with van der Waals surface area (Å²) in [6, 6.07) is 3.05. The van der Waals surface area contributed by atoms with Crippen molar-refractivity contribution >= 4 is 0 Å². The lowest BCUT2D eigenvalue weighted by atomic mass is 9.94. The summed E-state index contributed by atoms with van der Waals surface area (Å²) in [6.07, 6.45) is 3.95. The predicted molar refractivity (Wildman–Crippen MR) is 82.7 cm³/mol. The molecule has 0 spiro atoms. The molecule has 1 saturated heterocycles. The summed E-state index contributed by atoms with van der Waals surface area (Å²) in [7, 11) is 0. The summed E-state index contributed by atoms with van der Waals surface area (Å²) in [5.41, 5.74) is 7.23. The fourth-order valence-electron chi connectivity index (χ4n) is 3.06. The molecular formula is C17H28N2. The van der Waals surface area contributed by atoms with Crippen molar-refractivity contribution in [1.29, 1.82) is 0 Å². The van der Waals surface area contributed by atoms with Gasteiger partial charge in [-0.2, -0.15) is 0 Å². The van der Waals surface area contributed by atoms with Crippen molar-refractivity contribution < 1.29 is 0 Å². The van der Waals surface area contributed by atoms with Gasteiger partial charge in [-0.1, -0.05) is 6.07 Å². The average molecular weight is 260 g/mol. The van der Waals surface area contributed by atoms with Crippen LogP contribution in [0.15, 0.2) is 6.07 Å². The van der Waals surface area contributed by atoms with Gasteiger partial charge < -0.3 is 10.6 Å². The third kappa shape index (κ3) is 3.58. The standard InChI is InChI=1S/C17H28N2/c1-12-10-13(2)15(4)17(14(12)3)11-18-9-7-16-6-5-8-19-16/h10,16,18-19H,5-9,11H2,1-4H3. The molecule has 2 N–H and O–H groups in total. The summed E-state index contributed by atoms with van der Waals surface area (Å²) in [4.78, 5) is 0. The summed E-state index contributed by atoms with van der Waals surface area (Å²) in [5.74, 6) is 0. The highest BCUT2D eigenvalue weighted by Crippen LogP contribution is 2.21. The number of nitrogens with one attached hydrogen (secondary N) is 2. The van der Waals surface area contributed by atoms with E-state index in [9.17, 15) is 0 Å². The molecule has 0 radical (unpaired) electrons. The van der Waals surface area contributed by atoms with Crippen LogP contribution in [0.3, 0.4) is 0 Å². The van der Waals surface area contributed by atoms with Gasteiger partial charge in [-0.15, -0.1) is 0 Å². The van der Waals surface area contributed by atoms with E-state index in [2.05, 4.69) is 44.4 Å². The van der Waals surface area contributed by atoms with Gasteiger partial charge in [0.1, 0.15) is 0 Å². The highest BCUT2D eigenvalue weighted by molar-refractivity contribution is 5.43. The highest BCUT2D eigenvalue weighted by Gasteiger charge is 2.13. The molecule has 19 heavy (non-hydrogen) atoms. The fraction of sp³-hybridized carbons (Fsp3) is 0.647. The van der Waals surface area contributed by atoms with Crippen LogP contribution in [0.1, 0.15) is 47.1 Å². The molecule has 0 saturated carbocycles. The first kappa shape index (κ1) is 14.5. The van der Waals surface area contributed by atoms with Gasteiger partial charge in [0, 0.05) is 12.6 Å². The Balaban J connectivity index is 1.88. The van der Waals surface area contributed by atoms with Crippen molar-refractivity contribution in [2.45, 2.75) is 59.5 Å². The van der Waals surface area contributed by atoms with Crippen molar-refractivity contribution in [2.24, 2.45) is 0 Å². The molecule has 2 rings (SSSR count). The van der Waals surface area contributed by atoms with Gasteiger partial charge in [-0.25, -0.2) is 0 Å². The summed E-state index contributed by atoms with van der Waals surface area (Å²) < 4.78 is 0. The lowest BCUT2D eigenvalue weighted by Crippen LogP contribution is -2.27. The normalized spacial score (nSPS) is 19.1. The van der Waals surface area contributed by atoms with Crippen molar-refractivity contribution in [1.82, 2.24) is 10.6 Å². The van der Waals surface area contributed by atoms with E-state index in [1.807, 2.05) is 0 Å². The fourth-order valence-corrected chi connectivity index (χ4v) is 3.06. The maximum absolute atomic E-state index is 3.62. The molecule has 0 amide bonds. The lowest BCUT2D eigenvalue weighted by molar-refractivity contribution is 0.523. The van der Waals surface area contributed by atoms with E-state index in [0.717, 1.165) is 19.1 Å². The minimum absolute atomic E-state index is 0.744. The molecule has 1 heterocycles. The van der Waals surface area contributed by atoms with Crippen molar-refractivity contribution in [3.8, 4) is 0 Å². The van der Waals surface area contributed by atoms with Crippen LogP contribution < -0.4 is 10.6 Å². The van der Waals surface area contributed by atoms with Gasteiger partial charge in [-0.3, -0.25) is 0 Å². The summed E-state index contributed by atoms with van der Waals surface area (Å²) >= 11 is 0. The van der Waals surface area contributed by atoms with Crippen molar-refractivity contribution in [2.75, 3.05) is 13.1 Å². The van der Waals surface area contributed by atoms with Crippen LogP contribution in [0.4, 0.5) is 0 Å². The maximum Gasteiger partial charge on any atom is 0.0210 e. The smallest absolute Gasteiger partial charge is 0.0210 e. The van der Waals surface area contributed by atoms with Crippen LogP contribution in [0.2, 0.25) is 0 Å². The zero-order valence-corrected chi connectivity index (χ0v) is 12.9. The Morgan fingerprint density at radius 2 is 1.84 bits per heavy atom. The highest BCUT2D eigenvalue weighted by atomic mass is 14.9. The van der Waals surface area contributed by atoms with Crippen LogP contribution in [0.5, 0.6) is 0 Å². The van der Waals surface area contributed by atoms with Crippen LogP contribution in [0, 0.1) is 27.7 Å². The molecule has 1 atom stereocenters. The predicted octanol–water partition coefficient (Wildman–Crippen LogP) is 3.15. The van der Waals surface area contributed by atoms with E-state index >= 15 is 0 Å². The van der Waals surface area contributed by atoms with Crippen LogP contribution in [-0.2, 0) is 6.54 Å². The molecule has 0 bridgehead atoms. The molecule has 1 aromatic rings. The molecule has 0 aromatic heterocycles. The average Bonchev–Trinajstić information content (AvgIpc) is 2.89. The number of hydrogen-bond donors (Lipinski definition) is 2. The van der Waals surface area contributed by atoms with Gasteiger partial charge in [0.05, 0.1) is 0 Å². The first-order chi connectivity index (χ1) is 9.09. The molecule has 2 nitrogen and oxygen atoms in total. The second-order valence-corrected chi connectivity index (χ2v) is 6.00. The van der Waals surface area contributed by atoms with E-state index in [1.54, 1.807) is 0 Å². The molecule has 1 aliphatic heterocycles. The second-order valence-electron chi connectivity index (χ2n) is 6.00. The molecule has 0 aliphatic carbocycles. The van der Waals surface area contributed by atoms with Gasteiger partial charge >= 0.3 is 0 Å². The van der Waals surface area contributed by atoms with Gasteiger partial charge in [0.15, 0.2) is 0 Å². The van der Waals surface area contributed by atoms with Gasteiger partial charge in [-0.05, 0) is 87.9 Å². The lowest BCUT2D eigenvalue weighted by Gasteiger charge is -2.17. The zero-order chi connectivity index (χ0) is 13.8. The first-order valence-electron chi connectivity index (χ1n) is 7.60. The zero-order valence-electron chi connectivity index (χ0n) is 12.9. The molecule has 1 aromatic carbocycles. The van der Waals surface area contributed by atoms with Crippen LogP contribution >= 0.6 is 0 Å². The van der Waals surface area contributed by atoms with Crippen LogP contribution in [0.25, 0.3) is 0 Å². The van der Waals surface area contributed by atoms with E-state index < -0.39 is 0 Å². The quantitative estimate of drug-likeness (QED) is 0.795. The van der Waals surface area contributed by atoms with E-state index in [0.29, 0.717) is 0 Å². The Morgan fingerprint density at radius 3 is 2.42 bits per heavy atom. The van der Waals surface area contributed by atoms with Crippen molar-refractivity contribution in [3.05, 3.63) is 33.9 Å². The van der Waals surface area contributed by atoms with E-state index in [1.165, 1.54) is 53.6 Å². The Hall–Kier alpha value is -0.860. The van der Waals surface area contributed by atoms with Gasteiger partial charge in [0.25, 0.3) is 0 Å². The largest absolute Gasteiger partial charge is 0.314 e. The minimum Gasteiger partial charge on any atom is -0.314 e. The third-order valence-corrected chi connectivity index (χ3v) is 4.66. The molecule has 1 unspecified atom stereocenters. The SMILES string of the molecule is Cc1cc(C)c(C)c(CNCCC2CCCN2)c1C. The van der Waals surface area contributed by atoms with E-state index in [4.69, 9.17) is 0 Å². The molecule has 1 fully saturated rings. The third-order valence-electron chi connectivity index (χ3n) is 4.66. The minimum atomic E-state index is 0.744.